The van der Waals surface area contributed by atoms with Gasteiger partial charge < -0.3 is 10.2 Å². The molecule has 1 atom stereocenters. The Hall–Kier alpha value is -1.06. The molecule has 1 saturated heterocycles. The van der Waals surface area contributed by atoms with Crippen molar-refractivity contribution < 1.29 is 4.79 Å². The molecule has 0 spiro atoms. The molecule has 1 aliphatic rings. The van der Waals surface area contributed by atoms with Gasteiger partial charge in [-0.2, -0.15) is 0 Å². The summed E-state index contributed by atoms with van der Waals surface area (Å²) < 4.78 is 0. The molecular formula is C13H17ClN2O. The van der Waals surface area contributed by atoms with Crippen LogP contribution in [0.25, 0.3) is 0 Å². The van der Waals surface area contributed by atoms with Crippen molar-refractivity contribution in [2.24, 2.45) is 0 Å². The highest BCUT2D eigenvalue weighted by atomic mass is 35.5. The van der Waals surface area contributed by atoms with Gasteiger partial charge in [-0.05, 0) is 45.0 Å². The van der Waals surface area contributed by atoms with Crippen molar-refractivity contribution in [3.05, 3.63) is 29.3 Å². The van der Waals surface area contributed by atoms with Crippen molar-refractivity contribution >= 4 is 23.2 Å². The molecule has 1 amide bonds. The second-order valence-electron chi connectivity index (χ2n) is 5.01. The van der Waals surface area contributed by atoms with E-state index in [2.05, 4.69) is 5.32 Å². The summed E-state index contributed by atoms with van der Waals surface area (Å²) >= 11 is 5.86. The molecule has 0 saturated carbocycles. The molecule has 1 unspecified atom stereocenters. The van der Waals surface area contributed by atoms with Crippen molar-refractivity contribution in [1.82, 2.24) is 5.32 Å². The Morgan fingerprint density at radius 2 is 1.94 bits per heavy atom. The number of nitrogens with zero attached hydrogens (tertiary/aromatic N) is 1. The van der Waals surface area contributed by atoms with Gasteiger partial charge in [0.25, 0.3) is 0 Å². The number of nitrogens with one attached hydrogen (secondary N) is 1. The summed E-state index contributed by atoms with van der Waals surface area (Å²) in [6.45, 7) is 6.64. The Bertz CT molecular complexity index is 428. The first kappa shape index (κ1) is 12.4. The molecule has 92 valence electrons. The average molecular weight is 253 g/mol. The van der Waals surface area contributed by atoms with Crippen LogP contribution in [0.15, 0.2) is 24.3 Å². The Morgan fingerprint density at radius 3 is 2.53 bits per heavy atom. The lowest BCUT2D eigenvalue weighted by Gasteiger charge is -2.42. The molecule has 1 aromatic rings. The summed E-state index contributed by atoms with van der Waals surface area (Å²) in [4.78, 5) is 14.2. The van der Waals surface area contributed by atoms with Gasteiger partial charge in [-0.1, -0.05) is 11.6 Å². The van der Waals surface area contributed by atoms with Crippen LogP contribution in [0, 0.1) is 0 Å². The van der Waals surface area contributed by atoms with Gasteiger partial charge >= 0.3 is 0 Å². The molecule has 1 fully saturated rings. The molecule has 2 rings (SSSR count). The van der Waals surface area contributed by atoms with Gasteiger partial charge in [0.1, 0.15) is 0 Å². The largest absolute Gasteiger partial charge is 0.307 e. The number of halogens is 1. The summed E-state index contributed by atoms with van der Waals surface area (Å²) in [5.74, 6) is 0.0959. The van der Waals surface area contributed by atoms with E-state index < -0.39 is 5.54 Å². The van der Waals surface area contributed by atoms with E-state index in [-0.39, 0.29) is 11.9 Å². The highest BCUT2D eigenvalue weighted by Crippen LogP contribution is 2.25. The van der Waals surface area contributed by atoms with E-state index in [1.807, 2.05) is 49.9 Å². The van der Waals surface area contributed by atoms with Gasteiger partial charge in [-0.25, -0.2) is 0 Å². The van der Waals surface area contributed by atoms with Crippen LogP contribution in [0.2, 0.25) is 5.02 Å². The maximum atomic E-state index is 12.4. The lowest BCUT2D eigenvalue weighted by atomic mass is 9.97. The molecule has 3 nitrogen and oxygen atoms in total. The first-order chi connectivity index (χ1) is 7.92. The molecule has 1 heterocycles. The zero-order chi connectivity index (χ0) is 12.6. The number of piperazine rings is 1. The first-order valence-electron chi connectivity index (χ1n) is 5.76. The fourth-order valence-electron chi connectivity index (χ4n) is 2.04. The zero-order valence-corrected chi connectivity index (χ0v) is 11.1. The van der Waals surface area contributed by atoms with Crippen LogP contribution in [0.1, 0.15) is 20.8 Å². The second kappa shape index (κ2) is 4.31. The van der Waals surface area contributed by atoms with Gasteiger partial charge in [0, 0.05) is 23.3 Å². The Labute approximate surface area is 107 Å². The normalized spacial score (nSPS) is 23.9. The lowest BCUT2D eigenvalue weighted by molar-refractivity contribution is -0.125. The molecule has 1 N–H and O–H groups in total. The summed E-state index contributed by atoms with van der Waals surface area (Å²) in [7, 11) is 0. The van der Waals surface area contributed by atoms with Crippen molar-refractivity contribution in [2.75, 3.05) is 11.4 Å². The minimum Gasteiger partial charge on any atom is -0.307 e. The molecule has 1 aliphatic heterocycles. The Kier molecular flexibility index (Phi) is 3.15. The lowest BCUT2D eigenvalue weighted by Crippen LogP contribution is -2.64. The second-order valence-corrected chi connectivity index (χ2v) is 5.44. The van der Waals surface area contributed by atoms with Crippen LogP contribution in [0.5, 0.6) is 0 Å². The van der Waals surface area contributed by atoms with Gasteiger partial charge in [0.2, 0.25) is 5.91 Å². The number of benzene rings is 1. The van der Waals surface area contributed by atoms with Crippen LogP contribution in [-0.2, 0) is 4.79 Å². The third-order valence-corrected chi connectivity index (χ3v) is 3.39. The Balaban J connectivity index is 2.35. The van der Waals surface area contributed by atoms with Crippen LogP contribution in [0.3, 0.4) is 0 Å². The number of carbonyl (C=O) groups is 1. The van der Waals surface area contributed by atoms with E-state index in [0.717, 1.165) is 12.2 Å². The summed E-state index contributed by atoms with van der Waals surface area (Å²) in [6.07, 6.45) is 0. The first-order valence-corrected chi connectivity index (χ1v) is 6.14. The van der Waals surface area contributed by atoms with Gasteiger partial charge in [-0.15, -0.1) is 0 Å². The molecule has 17 heavy (non-hydrogen) atoms. The smallest absolute Gasteiger partial charge is 0.247 e. The zero-order valence-electron chi connectivity index (χ0n) is 10.3. The monoisotopic (exact) mass is 252 g/mol. The van der Waals surface area contributed by atoms with Crippen LogP contribution >= 0.6 is 11.6 Å². The fraction of sp³-hybridized carbons (Fsp3) is 0.462. The summed E-state index contributed by atoms with van der Waals surface area (Å²) in [5, 5.41) is 3.94. The van der Waals surface area contributed by atoms with Crippen molar-refractivity contribution in [3.8, 4) is 0 Å². The van der Waals surface area contributed by atoms with Gasteiger partial charge in [0.15, 0.2) is 0 Å². The molecular weight excluding hydrogens is 236 g/mol. The number of hydrogen-bond donors (Lipinski definition) is 1. The summed E-state index contributed by atoms with van der Waals surface area (Å²) in [6, 6.07) is 7.55. The third-order valence-electron chi connectivity index (χ3n) is 3.14. The van der Waals surface area contributed by atoms with Crippen LogP contribution in [0.4, 0.5) is 5.69 Å². The molecule has 1 aromatic carbocycles. The molecule has 0 bridgehead atoms. The van der Waals surface area contributed by atoms with Crippen LogP contribution < -0.4 is 10.2 Å². The van der Waals surface area contributed by atoms with E-state index in [1.54, 1.807) is 0 Å². The fourth-order valence-corrected chi connectivity index (χ4v) is 2.17. The van der Waals surface area contributed by atoms with E-state index in [9.17, 15) is 4.79 Å². The quantitative estimate of drug-likeness (QED) is 0.833. The molecule has 0 aromatic heterocycles. The SMILES string of the molecule is CC1CNC(C)(C)C(=O)N1c1ccc(Cl)cc1. The van der Waals surface area contributed by atoms with Crippen LogP contribution in [-0.4, -0.2) is 24.0 Å². The molecule has 0 radical (unpaired) electrons. The van der Waals surface area contributed by atoms with Crippen molar-refractivity contribution in [2.45, 2.75) is 32.4 Å². The predicted molar refractivity (Wildman–Crippen MR) is 70.5 cm³/mol. The van der Waals surface area contributed by atoms with Crippen molar-refractivity contribution in [1.29, 1.82) is 0 Å². The number of carbonyl (C=O) groups excluding carboxylic acids is 1. The van der Waals surface area contributed by atoms with Crippen molar-refractivity contribution in [3.63, 3.8) is 0 Å². The highest BCUT2D eigenvalue weighted by molar-refractivity contribution is 6.30. The maximum absolute atomic E-state index is 12.4. The van der Waals surface area contributed by atoms with Gasteiger partial charge in [-0.3, -0.25) is 4.79 Å². The molecule has 4 heteroatoms. The topological polar surface area (TPSA) is 32.3 Å². The number of rotatable bonds is 1. The Morgan fingerprint density at radius 1 is 1.35 bits per heavy atom. The van der Waals surface area contributed by atoms with E-state index in [1.165, 1.54) is 0 Å². The maximum Gasteiger partial charge on any atom is 0.247 e. The minimum absolute atomic E-state index is 0.0959. The summed E-state index contributed by atoms with van der Waals surface area (Å²) in [5.41, 5.74) is 0.396. The number of anilines is 1. The van der Waals surface area contributed by atoms with Gasteiger partial charge in [0.05, 0.1) is 5.54 Å². The number of amides is 1. The minimum atomic E-state index is -0.508. The average Bonchev–Trinajstić information content (AvgIpc) is 2.28. The highest BCUT2D eigenvalue weighted by Gasteiger charge is 2.39. The standard InChI is InChI=1S/C13H17ClN2O/c1-9-8-15-13(2,3)12(17)16(9)11-6-4-10(14)5-7-11/h4-7,9,15H,8H2,1-3H3. The molecule has 0 aliphatic carbocycles. The van der Waals surface area contributed by atoms with E-state index >= 15 is 0 Å². The van der Waals surface area contributed by atoms with E-state index in [0.29, 0.717) is 5.02 Å². The third kappa shape index (κ3) is 2.31. The predicted octanol–water partition coefficient (Wildman–Crippen LogP) is 2.44. The van der Waals surface area contributed by atoms with E-state index in [4.69, 9.17) is 11.6 Å². The number of hydrogen-bond acceptors (Lipinski definition) is 2.